The van der Waals surface area contributed by atoms with Crippen molar-refractivity contribution in [3.8, 4) is 11.1 Å². The van der Waals surface area contributed by atoms with E-state index in [-0.39, 0.29) is 5.91 Å². The van der Waals surface area contributed by atoms with Crippen LogP contribution >= 0.6 is 15.9 Å². The molecule has 1 amide bonds. The Kier molecular flexibility index (Phi) is 6.55. The number of amides is 1. The van der Waals surface area contributed by atoms with Crippen molar-refractivity contribution in [2.45, 2.75) is 25.8 Å². The predicted molar refractivity (Wildman–Crippen MR) is 97.8 cm³/mol. The summed E-state index contributed by atoms with van der Waals surface area (Å²) < 4.78 is 5.66. The van der Waals surface area contributed by atoms with Crippen molar-refractivity contribution in [1.29, 1.82) is 0 Å². The molecule has 2 aromatic carbocycles. The first-order valence-electron chi connectivity index (χ1n) is 7.80. The van der Waals surface area contributed by atoms with E-state index in [1.807, 2.05) is 49.4 Å². The fourth-order valence-corrected chi connectivity index (χ4v) is 2.85. The second kappa shape index (κ2) is 8.64. The summed E-state index contributed by atoms with van der Waals surface area (Å²) in [4.78, 5) is 24.6. The second-order valence-electron chi connectivity index (χ2n) is 5.39. The van der Waals surface area contributed by atoms with Gasteiger partial charge in [0, 0.05) is 10.0 Å². The molecule has 0 heterocycles. The number of esters is 1. The highest BCUT2D eigenvalue weighted by Crippen LogP contribution is 2.27. The molecule has 0 aromatic heterocycles. The topological polar surface area (TPSA) is 55.4 Å². The standard InChI is InChI=1S/C19H20BrNO3/c1-3-7-17(19(23)24-2)21-18(22)15-11-10-14(20)12-16(15)13-8-5-4-6-9-13/h4-6,8-12,17H,3,7H2,1-2H3,(H,21,22). The van der Waals surface area contributed by atoms with Gasteiger partial charge in [0.2, 0.25) is 0 Å². The maximum atomic E-state index is 12.7. The number of carbonyl (C=O) groups is 2. The molecule has 0 aliphatic carbocycles. The van der Waals surface area contributed by atoms with E-state index in [0.29, 0.717) is 12.0 Å². The molecule has 0 fully saturated rings. The van der Waals surface area contributed by atoms with Gasteiger partial charge >= 0.3 is 5.97 Å². The lowest BCUT2D eigenvalue weighted by Gasteiger charge is -2.17. The molecule has 0 saturated heterocycles. The van der Waals surface area contributed by atoms with E-state index in [2.05, 4.69) is 21.2 Å². The number of nitrogens with one attached hydrogen (secondary N) is 1. The Bertz CT molecular complexity index is 716. The zero-order chi connectivity index (χ0) is 17.5. The number of rotatable bonds is 6. The summed E-state index contributed by atoms with van der Waals surface area (Å²) in [6, 6.07) is 14.5. The first-order chi connectivity index (χ1) is 11.6. The average molecular weight is 390 g/mol. The fraction of sp³-hybridized carbons (Fsp3) is 0.263. The Morgan fingerprint density at radius 3 is 2.50 bits per heavy atom. The first-order valence-corrected chi connectivity index (χ1v) is 8.59. The molecule has 2 aromatic rings. The maximum absolute atomic E-state index is 12.7. The zero-order valence-corrected chi connectivity index (χ0v) is 15.3. The van der Waals surface area contributed by atoms with E-state index in [1.165, 1.54) is 7.11 Å². The van der Waals surface area contributed by atoms with Crippen LogP contribution in [0.4, 0.5) is 0 Å². The quantitative estimate of drug-likeness (QED) is 0.753. The molecular weight excluding hydrogens is 370 g/mol. The number of methoxy groups -OCH3 is 1. The van der Waals surface area contributed by atoms with Crippen LogP contribution < -0.4 is 5.32 Å². The molecule has 2 rings (SSSR count). The predicted octanol–water partition coefficient (Wildman–Crippen LogP) is 4.19. The van der Waals surface area contributed by atoms with Crippen molar-refractivity contribution >= 4 is 27.8 Å². The molecule has 1 N–H and O–H groups in total. The van der Waals surface area contributed by atoms with Gasteiger partial charge in [-0.1, -0.05) is 59.6 Å². The number of benzene rings is 2. The molecule has 0 radical (unpaired) electrons. The zero-order valence-electron chi connectivity index (χ0n) is 13.7. The Hall–Kier alpha value is -2.14. The molecule has 0 bridgehead atoms. The van der Waals surface area contributed by atoms with Crippen molar-refractivity contribution in [2.75, 3.05) is 7.11 Å². The highest BCUT2D eigenvalue weighted by Gasteiger charge is 2.22. The molecular formula is C19H20BrNO3. The van der Waals surface area contributed by atoms with Crippen LogP contribution in [0, 0.1) is 0 Å². The lowest BCUT2D eigenvalue weighted by Crippen LogP contribution is -2.41. The van der Waals surface area contributed by atoms with Gasteiger partial charge in [0.05, 0.1) is 7.11 Å². The molecule has 0 spiro atoms. The minimum absolute atomic E-state index is 0.287. The van der Waals surface area contributed by atoms with Gasteiger partial charge in [-0.3, -0.25) is 4.79 Å². The minimum Gasteiger partial charge on any atom is -0.467 e. The minimum atomic E-state index is -0.639. The van der Waals surface area contributed by atoms with Crippen molar-refractivity contribution in [3.63, 3.8) is 0 Å². The Labute approximate surface area is 150 Å². The number of ether oxygens (including phenoxy) is 1. The molecule has 0 aliphatic rings. The average Bonchev–Trinajstić information content (AvgIpc) is 2.61. The summed E-state index contributed by atoms with van der Waals surface area (Å²) in [6.07, 6.45) is 1.31. The van der Waals surface area contributed by atoms with Crippen molar-refractivity contribution in [1.82, 2.24) is 5.32 Å². The fourth-order valence-electron chi connectivity index (χ4n) is 2.49. The third-order valence-electron chi connectivity index (χ3n) is 3.68. The van der Waals surface area contributed by atoms with Gasteiger partial charge in [0.1, 0.15) is 6.04 Å². The summed E-state index contributed by atoms with van der Waals surface area (Å²) in [5, 5.41) is 2.79. The van der Waals surface area contributed by atoms with Crippen molar-refractivity contribution in [2.24, 2.45) is 0 Å². The van der Waals surface area contributed by atoms with Crippen LogP contribution in [0.25, 0.3) is 11.1 Å². The monoisotopic (exact) mass is 389 g/mol. The number of hydrogen-bond donors (Lipinski definition) is 1. The van der Waals surface area contributed by atoms with Crippen LogP contribution in [0.1, 0.15) is 30.1 Å². The number of carbonyl (C=O) groups excluding carboxylic acids is 2. The van der Waals surface area contributed by atoms with E-state index in [9.17, 15) is 9.59 Å². The second-order valence-corrected chi connectivity index (χ2v) is 6.31. The third-order valence-corrected chi connectivity index (χ3v) is 4.17. The molecule has 126 valence electrons. The van der Waals surface area contributed by atoms with Crippen molar-refractivity contribution in [3.05, 3.63) is 58.6 Å². The Morgan fingerprint density at radius 1 is 1.17 bits per heavy atom. The van der Waals surface area contributed by atoms with Crippen LogP contribution in [0.2, 0.25) is 0 Å². The molecule has 0 saturated carbocycles. The first kappa shape index (κ1) is 18.2. The summed E-state index contributed by atoms with van der Waals surface area (Å²) >= 11 is 3.45. The van der Waals surface area contributed by atoms with Gasteiger partial charge in [0.15, 0.2) is 0 Å². The van der Waals surface area contributed by atoms with Crippen molar-refractivity contribution < 1.29 is 14.3 Å². The number of halogens is 1. The van der Waals surface area contributed by atoms with Crippen LogP contribution in [-0.4, -0.2) is 25.0 Å². The molecule has 5 heteroatoms. The van der Waals surface area contributed by atoms with Gasteiger partial charge in [0.25, 0.3) is 5.91 Å². The highest BCUT2D eigenvalue weighted by atomic mass is 79.9. The van der Waals surface area contributed by atoms with Gasteiger partial charge < -0.3 is 10.1 Å². The number of hydrogen-bond acceptors (Lipinski definition) is 3. The Morgan fingerprint density at radius 2 is 1.88 bits per heavy atom. The summed E-state index contributed by atoms with van der Waals surface area (Å²) in [5.41, 5.74) is 2.27. The highest BCUT2D eigenvalue weighted by molar-refractivity contribution is 9.10. The summed E-state index contributed by atoms with van der Waals surface area (Å²) in [7, 11) is 1.33. The summed E-state index contributed by atoms with van der Waals surface area (Å²) in [6.45, 7) is 1.96. The van der Waals surface area contributed by atoms with Gasteiger partial charge in [-0.25, -0.2) is 4.79 Å². The molecule has 1 unspecified atom stereocenters. The third kappa shape index (κ3) is 4.45. The van der Waals surface area contributed by atoms with E-state index >= 15 is 0 Å². The van der Waals surface area contributed by atoms with Gasteiger partial charge in [-0.15, -0.1) is 0 Å². The molecule has 4 nitrogen and oxygen atoms in total. The van der Waals surface area contributed by atoms with Crippen LogP contribution in [0.3, 0.4) is 0 Å². The smallest absolute Gasteiger partial charge is 0.328 e. The van der Waals surface area contributed by atoms with Gasteiger partial charge in [-0.05, 0) is 35.7 Å². The van der Waals surface area contributed by atoms with E-state index < -0.39 is 12.0 Å². The van der Waals surface area contributed by atoms with Crippen LogP contribution in [0.5, 0.6) is 0 Å². The largest absolute Gasteiger partial charge is 0.467 e. The van der Waals surface area contributed by atoms with E-state index in [0.717, 1.165) is 22.0 Å². The van der Waals surface area contributed by atoms with Crippen LogP contribution in [0.15, 0.2) is 53.0 Å². The molecule has 24 heavy (non-hydrogen) atoms. The van der Waals surface area contributed by atoms with E-state index in [1.54, 1.807) is 6.07 Å². The molecule has 0 aliphatic heterocycles. The SMILES string of the molecule is CCCC(NC(=O)c1ccc(Br)cc1-c1ccccc1)C(=O)OC. The van der Waals surface area contributed by atoms with Crippen LogP contribution in [-0.2, 0) is 9.53 Å². The molecule has 1 atom stereocenters. The van der Waals surface area contributed by atoms with E-state index in [4.69, 9.17) is 4.74 Å². The summed E-state index contributed by atoms with van der Waals surface area (Å²) in [5.74, 6) is -0.714. The normalized spacial score (nSPS) is 11.6. The lowest BCUT2D eigenvalue weighted by molar-refractivity contribution is -0.143. The van der Waals surface area contributed by atoms with Gasteiger partial charge in [-0.2, -0.15) is 0 Å². The lowest BCUT2D eigenvalue weighted by atomic mass is 9.99. The Balaban J connectivity index is 2.34. The maximum Gasteiger partial charge on any atom is 0.328 e.